The van der Waals surface area contributed by atoms with Crippen LogP contribution in [0, 0.1) is 0 Å². The summed E-state index contributed by atoms with van der Waals surface area (Å²) in [5.41, 5.74) is 2.21. The Bertz CT molecular complexity index is 820. The van der Waals surface area contributed by atoms with E-state index in [1.54, 1.807) is 12.5 Å². The van der Waals surface area contributed by atoms with Crippen molar-refractivity contribution < 1.29 is 14.3 Å². The monoisotopic (exact) mass is 365 g/mol. The molecule has 3 aromatic rings. The van der Waals surface area contributed by atoms with Gasteiger partial charge in [0.1, 0.15) is 19.0 Å². The fourth-order valence-corrected chi connectivity index (χ4v) is 2.58. The van der Waals surface area contributed by atoms with E-state index >= 15 is 0 Å². The van der Waals surface area contributed by atoms with Crippen molar-refractivity contribution in [3.8, 4) is 5.75 Å². The van der Waals surface area contributed by atoms with Crippen LogP contribution in [0.5, 0.6) is 5.75 Å². The molecule has 0 aliphatic rings. The second-order valence-electron chi connectivity index (χ2n) is 6.05. The molecule has 140 valence electrons. The molecule has 6 heteroatoms. The number of ether oxygens (including phenoxy) is 2. The lowest BCUT2D eigenvalue weighted by Crippen LogP contribution is -2.28. The summed E-state index contributed by atoms with van der Waals surface area (Å²) in [6.07, 6.45) is 5.47. The van der Waals surface area contributed by atoms with Crippen LogP contribution >= 0.6 is 0 Å². The van der Waals surface area contributed by atoms with Gasteiger partial charge in [-0.2, -0.15) is 0 Å². The Labute approximate surface area is 158 Å². The van der Waals surface area contributed by atoms with Crippen LogP contribution in [0.4, 0.5) is 0 Å². The summed E-state index contributed by atoms with van der Waals surface area (Å²) in [5, 5.41) is 2.87. The van der Waals surface area contributed by atoms with Gasteiger partial charge in [-0.3, -0.25) is 4.79 Å². The number of carbonyl (C=O) groups is 1. The quantitative estimate of drug-likeness (QED) is 0.561. The molecule has 0 unspecified atom stereocenters. The first-order valence-corrected chi connectivity index (χ1v) is 8.85. The smallest absolute Gasteiger partial charge is 0.246 e. The Balaban J connectivity index is 1.33. The molecule has 0 fully saturated rings. The molecule has 2 aromatic carbocycles. The second-order valence-corrected chi connectivity index (χ2v) is 6.05. The average Bonchev–Trinajstić information content (AvgIpc) is 3.20. The molecule has 0 atom stereocenters. The van der Waals surface area contributed by atoms with Gasteiger partial charge in [-0.25, -0.2) is 4.98 Å². The molecule has 1 aromatic heterocycles. The highest BCUT2D eigenvalue weighted by Crippen LogP contribution is 2.08. The van der Waals surface area contributed by atoms with Crippen molar-refractivity contribution in [1.29, 1.82) is 0 Å². The third-order valence-electron chi connectivity index (χ3n) is 3.88. The molecular formula is C21H23N3O3. The molecule has 6 nitrogen and oxygen atoms in total. The molecule has 0 bridgehead atoms. The molecule has 1 heterocycles. The van der Waals surface area contributed by atoms with E-state index in [9.17, 15) is 4.79 Å². The van der Waals surface area contributed by atoms with Gasteiger partial charge in [0, 0.05) is 25.5 Å². The van der Waals surface area contributed by atoms with E-state index in [2.05, 4.69) is 22.4 Å². The Hall–Kier alpha value is -3.12. The fourth-order valence-electron chi connectivity index (χ4n) is 2.58. The van der Waals surface area contributed by atoms with E-state index in [4.69, 9.17) is 9.47 Å². The van der Waals surface area contributed by atoms with E-state index in [0.717, 1.165) is 23.4 Å². The summed E-state index contributed by atoms with van der Waals surface area (Å²) in [7, 11) is 0. The molecular weight excluding hydrogens is 342 g/mol. The molecule has 0 aliphatic carbocycles. The molecule has 0 saturated carbocycles. The van der Waals surface area contributed by atoms with Crippen molar-refractivity contribution in [3.05, 3.63) is 84.4 Å². The minimum atomic E-state index is -0.144. The number of aromatic nitrogens is 2. The first-order chi connectivity index (χ1) is 13.3. The molecule has 3 rings (SSSR count). The van der Waals surface area contributed by atoms with Crippen molar-refractivity contribution in [3.63, 3.8) is 0 Å². The Morgan fingerprint density at radius 2 is 1.89 bits per heavy atom. The van der Waals surface area contributed by atoms with Crippen molar-refractivity contribution in [2.24, 2.45) is 0 Å². The molecule has 0 aliphatic heterocycles. The third-order valence-corrected chi connectivity index (χ3v) is 3.88. The standard InChI is InChI=1S/C21H23N3O3/c25-21(16-26-11-12-27-20-7-2-1-3-8-20)23-14-18-5-4-6-19(13-18)15-24-10-9-22-17-24/h1-10,13,17H,11-12,14-16H2,(H,23,25). The van der Waals surface area contributed by atoms with Gasteiger partial charge >= 0.3 is 0 Å². The van der Waals surface area contributed by atoms with Crippen LogP contribution in [-0.2, 0) is 22.6 Å². The zero-order valence-corrected chi connectivity index (χ0v) is 15.1. The number of nitrogens with zero attached hydrogens (tertiary/aromatic N) is 2. The molecule has 27 heavy (non-hydrogen) atoms. The minimum absolute atomic E-state index is 0.0207. The number of carbonyl (C=O) groups excluding carboxylic acids is 1. The number of amides is 1. The lowest BCUT2D eigenvalue weighted by Gasteiger charge is -2.09. The summed E-state index contributed by atoms with van der Waals surface area (Å²) in [6, 6.07) is 17.6. The molecule has 0 saturated heterocycles. The van der Waals surface area contributed by atoms with Crippen molar-refractivity contribution in [2.45, 2.75) is 13.1 Å². The predicted octanol–water partition coefficient (Wildman–Crippen LogP) is 2.64. The van der Waals surface area contributed by atoms with Crippen LogP contribution in [0.2, 0.25) is 0 Å². The van der Waals surface area contributed by atoms with Crippen LogP contribution in [0.25, 0.3) is 0 Å². The Morgan fingerprint density at radius 1 is 1.04 bits per heavy atom. The SMILES string of the molecule is O=C(COCCOc1ccccc1)NCc1cccc(Cn2ccnc2)c1. The Kier molecular flexibility index (Phi) is 7.00. The van der Waals surface area contributed by atoms with Gasteiger partial charge in [0.05, 0.1) is 12.9 Å². The lowest BCUT2D eigenvalue weighted by atomic mass is 10.1. The van der Waals surface area contributed by atoms with E-state index < -0.39 is 0 Å². The highest BCUT2D eigenvalue weighted by molar-refractivity contribution is 5.77. The summed E-state index contributed by atoms with van der Waals surface area (Å²) < 4.78 is 12.9. The van der Waals surface area contributed by atoms with E-state index in [1.807, 2.05) is 53.2 Å². The van der Waals surface area contributed by atoms with E-state index in [0.29, 0.717) is 19.8 Å². The van der Waals surface area contributed by atoms with Gasteiger partial charge in [0.15, 0.2) is 0 Å². The van der Waals surface area contributed by atoms with Gasteiger partial charge in [-0.05, 0) is 23.3 Å². The van der Waals surface area contributed by atoms with Gasteiger partial charge in [0.2, 0.25) is 5.91 Å². The number of imidazole rings is 1. The zero-order valence-electron chi connectivity index (χ0n) is 15.1. The largest absolute Gasteiger partial charge is 0.491 e. The first-order valence-electron chi connectivity index (χ1n) is 8.85. The first kappa shape index (κ1) is 18.7. The maximum absolute atomic E-state index is 11.9. The van der Waals surface area contributed by atoms with Gasteiger partial charge < -0.3 is 19.4 Å². The lowest BCUT2D eigenvalue weighted by molar-refractivity contribution is -0.126. The fraction of sp³-hybridized carbons (Fsp3) is 0.238. The number of nitrogens with one attached hydrogen (secondary N) is 1. The van der Waals surface area contributed by atoms with Gasteiger partial charge in [-0.1, -0.05) is 42.5 Å². The average molecular weight is 365 g/mol. The molecule has 1 amide bonds. The maximum atomic E-state index is 11.9. The molecule has 0 radical (unpaired) electrons. The minimum Gasteiger partial charge on any atom is -0.491 e. The molecule has 1 N–H and O–H groups in total. The van der Waals surface area contributed by atoms with Crippen molar-refractivity contribution in [1.82, 2.24) is 14.9 Å². The number of para-hydroxylation sites is 1. The third kappa shape index (κ3) is 6.60. The number of hydrogen-bond acceptors (Lipinski definition) is 4. The Morgan fingerprint density at radius 3 is 2.70 bits per heavy atom. The zero-order chi connectivity index (χ0) is 18.7. The summed E-state index contributed by atoms with van der Waals surface area (Å²) >= 11 is 0. The van der Waals surface area contributed by atoms with Crippen LogP contribution in [0.1, 0.15) is 11.1 Å². The topological polar surface area (TPSA) is 65.4 Å². The maximum Gasteiger partial charge on any atom is 0.246 e. The van der Waals surface area contributed by atoms with Crippen molar-refractivity contribution >= 4 is 5.91 Å². The predicted molar refractivity (Wildman–Crippen MR) is 102 cm³/mol. The number of benzene rings is 2. The van der Waals surface area contributed by atoms with E-state index in [1.165, 1.54) is 0 Å². The van der Waals surface area contributed by atoms with Gasteiger partial charge in [-0.15, -0.1) is 0 Å². The highest BCUT2D eigenvalue weighted by atomic mass is 16.5. The second kappa shape index (κ2) is 10.1. The van der Waals surface area contributed by atoms with Crippen LogP contribution in [0.3, 0.4) is 0 Å². The number of hydrogen-bond donors (Lipinski definition) is 1. The normalized spacial score (nSPS) is 10.5. The summed E-state index contributed by atoms with van der Waals surface area (Å²) in [5.74, 6) is 0.649. The van der Waals surface area contributed by atoms with Crippen LogP contribution < -0.4 is 10.1 Å². The van der Waals surface area contributed by atoms with Crippen molar-refractivity contribution in [2.75, 3.05) is 19.8 Å². The summed E-state index contributed by atoms with van der Waals surface area (Å²) in [6.45, 7) is 2.02. The van der Waals surface area contributed by atoms with E-state index in [-0.39, 0.29) is 12.5 Å². The molecule has 0 spiro atoms. The number of rotatable bonds is 10. The summed E-state index contributed by atoms with van der Waals surface area (Å²) in [4.78, 5) is 15.9. The van der Waals surface area contributed by atoms with Gasteiger partial charge in [0.25, 0.3) is 0 Å². The van der Waals surface area contributed by atoms with Crippen LogP contribution in [0.15, 0.2) is 73.3 Å². The van der Waals surface area contributed by atoms with Crippen LogP contribution in [-0.4, -0.2) is 35.3 Å². The highest BCUT2D eigenvalue weighted by Gasteiger charge is 2.03.